The molecule has 104 valence electrons. The van der Waals surface area contributed by atoms with Crippen molar-refractivity contribution in [3.05, 3.63) is 0 Å². The van der Waals surface area contributed by atoms with Gasteiger partial charge in [-0.25, -0.2) is 0 Å². The molecule has 0 aliphatic rings. The Balaban J connectivity index is 4.52. The van der Waals surface area contributed by atoms with E-state index in [9.17, 15) is 14.4 Å². The minimum Gasteiger partial charge on any atom is -0.481 e. The van der Waals surface area contributed by atoms with Crippen LogP contribution < -0.4 is 11.5 Å². The van der Waals surface area contributed by atoms with Gasteiger partial charge in [0.1, 0.15) is 0 Å². The van der Waals surface area contributed by atoms with Gasteiger partial charge in [0.2, 0.25) is 11.8 Å². The van der Waals surface area contributed by atoms with Crippen molar-refractivity contribution in [2.45, 2.75) is 32.7 Å². The molecule has 2 amide bonds. The number of hydrogen-bond donors (Lipinski definition) is 3. The molecule has 7 nitrogen and oxygen atoms in total. The molecule has 1 atom stereocenters. The molecule has 0 saturated carbocycles. The van der Waals surface area contributed by atoms with Crippen LogP contribution in [0.15, 0.2) is 0 Å². The molecule has 0 aromatic rings. The lowest BCUT2D eigenvalue weighted by atomic mass is 10.1. The molecule has 0 fully saturated rings. The third-order valence-corrected chi connectivity index (χ3v) is 2.23. The van der Waals surface area contributed by atoms with Crippen molar-refractivity contribution in [3.8, 4) is 0 Å². The largest absolute Gasteiger partial charge is 0.481 e. The Labute approximate surface area is 106 Å². The quantitative estimate of drug-likeness (QED) is 0.523. The molecular formula is C11H21N3O4. The van der Waals surface area contributed by atoms with Gasteiger partial charge in [0.15, 0.2) is 0 Å². The van der Waals surface area contributed by atoms with Crippen molar-refractivity contribution >= 4 is 17.8 Å². The SMILES string of the molecule is CC(C)CN(CC(N)=O)C(=O)C(N)CCC(=O)O. The number of carboxylic acid groups (broad SMARTS) is 1. The molecule has 0 aromatic heterocycles. The van der Waals surface area contributed by atoms with E-state index in [1.54, 1.807) is 0 Å². The van der Waals surface area contributed by atoms with Gasteiger partial charge in [-0.3, -0.25) is 14.4 Å². The molecule has 0 aromatic carbocycles. The van der Waals surface area contributed by atoms with E-state index in [-0.39, 0.29) is 25.3 Å². The van der Waals surface area contributed by atoms with Crippen LogP contribution in [0.5, 0.6) is 0 Å². The molecule has 18 heavy (non-hydrogen) atoms. The summed E-state index contributed by atoms with van der Waals surface area (Å²) in [4.78, 5) is 34.5. The van der Waals surface area contributed by atoms with E-state index in [0.29, 0.717) is 6.54 Å². The molecule has 0 aliphatic carbocycles. The lowest BCUT2D eigenvalue weighted by Crippen LogP contribution is -2.48. The summed E-state index contributed by atoms with van der Waals surface area (Å²) >= 11 is 0. The number of rotatable bonds is 8. The molecule has 5 N–H and O–H groups in total. The molecule has 0 rings (SSSR count). The Morgan fingerprint density at radius 3 is 2.22 bits per heavy atom. The first-order valence-corrected chi connectivity index (χ1v) is 5.78. The number of nitrogens with two attached hydrogens (primary N) is 2. The fourth-order valence-corrected chi connectivity index (χ4v) is 1.50. The average molecular weight is 259 g/mol. The first kappa shape index (κ1) is 16.4. The standard InChI is InChI=1S/C11H21N3O4/c1-7(2)5-14(6-9(13)15)11(18)8(12)3-4-10(16)17/h7-8H,3-6,12H2,1-2H3,(H2,13,15)(H,16,17). The van der Waals surface area contributed by atoms with Crippen LogP contribution in [0.4, 0.5) is 0 Å². The first-order valence-electron chi connectivity index (χ1n) is 5.78. The number of hydrogen-bond acceptors (Lipinski definition) is 4. The first-order chi connectivity index (χ1) is 8.23. The molecule has 0 aliphatic heterocycles. The highest BCUT2D eigenvalue weighted by Gasteiger charge is 2.23. The zero-order valence-corrected chi connectivity index (χ0v) is 10.8. The lowest BCUT2D eigenvalue weighted by Gasteiger charge is -2.25. The predicted octanol–water partition coefficient (Wildman–Crippen LogP) is -0.852. The Kier molecular flexibility index (Phi) is 6.96. The van der Waals surface area contributed by atoms with Crippen molar-refractivity contribution in [3.63, 3.8) is 0 Å². The van der Waals surface area contributed by atoms with Crippen LogP contribution in [0.3, 0.4) is 0 Å². The normalized spacial score (nSPS) is 12.2. The summed E-state index contributed by atoms with van der Waals surface area (Å²) in [6.07, 6.45) is -0.138. The topological polar surface area (TPSA) is 127 Å². The van der Waals surface area contributed by atoms with Gasteiger partial charge in [0.25, 0.3) is 0 Å². The highest BCUT2D eigenvalue weighted by Crippen LogP contribution is 2.04. The van der Waals surface area contributed by atoms with Crippen LogP contribution in [0, 0.1) is 5.92 Å². The van der Waals surface area contributed by atoms with Gasteiger partial charge in [-0.1, -0.05) is 13.8 Å². The number of amides is 2. The van der Waals surface area contributed by atoms with Gasteiger partial charge in [-0.2, -0.15) is 0 Å². The van der Waals surface area contributed by atoms with E-state index in [1.807, 2.05) is 13.8 Å². The number of carbonyl (C=O) groups excluding carboxylic acids is 2. The molecule has 1 unspecified atom stereocenters. The fourth-order valence-electron chi connectivity index (χ4n) is 1.50. The summed E-state index contributed by atoms with van der Waals surface area (Å²) in [5.41, 5.74) is 10.7. The zero-order chi connectivity index (χ0) is 14.3. The highest BCUT2D eigenvalue weighted by molar-refractivity contribution is 5.87. The van der Waals surface area contributed by atoms with Crippen LogP contribution in [0.25, 0.3) is 0 Å². The molecule has 0 saturated heterocycles. The van der Waals surface area contributed by atoms with E-state index in [1.165, 1.54) is 4.90 Å². The highest BCUT2D eigenvalue weighted by atomic mass is 16.4. The van der Waals surface area contributed by atoms with Gasteiger partial charge < -0.3 is 21.5 Å². The minimum absolute atomic E-state index is 0.0432. The summed E-state index contributed by atoms with van der Waals surface area (Å²) in [7, 11) is 0. The Morgan fingerprint density at radius 2 is 1.83 bits per heavy atom. The van der Waals surface area contributed by atoms with Crippen LogP contribution in [0.1, 0.15) is 26.7 Å². The predicted molar refractivity (Wildman–Crippen MR) is 65.5 cm³/mol. The number of carboxylic acids is 1. The summed E-state index contributed by atoms with van der Waals surface area (Å²) in [5.74, 6) is -1.90. The van der Waals surface area contributed by atoms with E-state index in [4.69, 9.17) is 16.6 Å². The van der Waals surface area contributed by atoms with Crippen LogP contribution in [0.2, 0.25) is 0 Å². The van der Waals surface area contributed by atoms with Gasteiger partial charge >= 0.3 is 5.97 Å². The van der Waals surface area contributed by atoms with Crippen molar-refractivity contribution in [2.24, 2.45) is 17.4 Å². The van der Waals surface area contributed by atoms with Crippen molar-refractivity contribution in [1.82, 2.24) is 4.90 Å². The molecule has 0 spiro atoms. The third-order valence-electron chi connectivity index (χ3n) is 2.23. The monoisotopic (exact) mass is 259 g/mol. The second-order valence-corrected chi connectivity index (χ2v) is 4.62. The molecular weight excluding hydrogens is 238 g/mol. The Bertz CT molecular complexity index is 317. The Morgan fingerprint density at radius 1 is 1.28 bits per heavy atom. The van der Waals surface area contributed by atoms with E-state index in [0.717, 1.165) is 0 Å². The molecule has 0 heterocycles. The summed E-state index contributed by atoms with van der Waals surface area (Å²) < 4.78 is 0. The van der Waals surface area contributed by atoms with Crippen LogP contribution >= 0.6 is 0 Å². The molecule has 0 radical (unpaired) electrons. The molecule has 7 heteroatoms. The van der Waals surface area contributed by atoms with Crippen molar-refractivity contribution < 1.29 is 19.5 Å². The smallest absolute Gasteiger partial charge is 0.303 e. The number of aliphatic carboxylic acids is 1. The van der Waals surface area contributed by atoms with E-state index >= 15 is 0 Å². The summed E-state index contributed by atoms with van der Waals surface area (Å²) in [6.45, 7) is 3.95. The zero-order valence-electron chi connectivity index (χ0n) is 10.8. The number of nitrogens with zero attached hydrogens (tertiary/aromatic N) is 1. The van der Waals surface area contributed by atoms with Crippen molar-refractivity contribution in [2.75, 3.05) is 13.1 Å². The summed E-state index contributed by atoms with van der Waals surface area (Å²) in [5, 5.41) is 8.52. The van der Waals surface area contributed by atoms with Gasteiger partial charge in [-0.15, -0.1) is 0 Å². The third kappa shape index (κ3) is 6.85. The van der Waals surface area contributed by atoms with Crippen molar-refractivity contribution in [1.29, 1.82) is 0 Å². The lowest BCUT2D eigenvalue weighted by molar-refractivity contribution is -0.139. The molecule has 0 bridgehead atoms. The van der Waals surface area contributed by atoms with Gasteiger partial charge in [0, 0.05) is 13.0 Å². The maximum atomic E-state index is 11.9. The van der Waals surface area contributed by atoms with Gasteiger partial charge in [-0.05, 0) is 12.3 Å². The second-order valence-electron chi connectivity index (χ2n) is 4.62. The number of primary amides is 1. The Hall–Kier alpha value is -1.63. The second kappa shape index (κ2) is 7.65. The fraction of sp³-hybridized carbons (Fsp3) is 0.727. The van der Waals surface area contributed by atoms with E-state index in [2.05, 4.69) is 0 Å². The maximum absolute atomic E-state index is 11.9. The van der Waals surface area contributed by atoms with E-state index < -0.39 is 23.8 Å². The minimum atomic E-state index is -1.01. The maximum Gasteiger partial charge on any atom is 0.303 e. The van der Waals surface area contributed by atoms with Crippen LogP contribution in [-0.4, -0.2) is 46.9 Å². The number of carbonyl (C=O) groups is 3. The summed E-state index contributed by atoms with van der Waals surface area (Å²) in [6, 6.07) is -0.917. The van der Waals surface area contributed by atoms with Gasteiger partial charge in [0.05, 0.1) is 12.6 Å². The van der Waals surface area contributed by atoms with Crippen LogP contribution in [-0.2, 0) is 14.4 Å². The average Bonchev–Trinajstić information content (AvgIpc) is 2.22.